The molecule has 156 valence electrons. The van der Waals surface area contributed by atoms with E-state index in [-0.39, 0.29) is 6.61 Å². The average molecular weight is 410 g/mol. The number of methoxy groups -OCH3 is 2. The quantitative estimate of drug-likeness (QED) is 0.589. The van der Waals surface area contributed by atoms with Gasteiger partial charge in [-0.1, -0.05) is 11.2 Å². The molecule has 2 aromatic carbocycles. The van der Waals surface area contributed by atoms with Crippen molar-refractivity contribution in [3.8, 4) is 11.5 Å². The van der Waals surface area contributed by atoms with Gasteiger partial charge in [-0.2, -0.15) is 0 Å². The SMILES string of the molecule is COC(=O)c1cccc(NC(=O)c2ccc(OC)cc2OCc2c(C)noc2C)c1. The molecule has 1 heterocycles. The van der Waals surface area contributed by atoms with Gasteiger partial charge in [-0.25, -0.2) is 4.79 Å². The number of ether oxygens (including phenoxy) is 3. The Hall–Kier alpha value is -3.81. The monoisotopic (exact) mass is 410 g/mol. The molecule has 1 amide bonds. The first-order chi connectivity index (χ1) is 14.4. The summed E-state index contributed by atoms with van der Waals surface area (Å²) in [5, 5.41) is 6.68. The highest BCUT2D eigenvalue weighted by Gasteiger charge is 2.17. The maximum absolute atomic E-state index is 12.9. The fourth-order valence-corrected chi connectivity index (χ4v) is 2.83. The minimum atomic E-state index is -0.487. The van der Waals surface area contributed by atoms with Crippen molar-refractivity contribution in [1.29, 1.82) is 0 Å². The van der Waals surface area contributed by atoms with Crippen LogP contribution in [0.25, 0.3) is 0 Å². The lowest BCUT2D eigenvalue weighted by Gasteiger charge is -2.13. The molecular formula is C22H22N2O6. The standard InChI is InChI=1S/C22H22N2O6/c1-13-19(14(2)30-24-13)12-29-20-11-17(27-3)8-9-18(20)21(25)23-16-7-5-6-15(10-16)22(26)28-4/h5-11H,12H2,1-4H3,(H,23,25). The van der Waals surface area contributed by atoms with Gasteiger partial charge in [0.1, 0.15) is 23.9 Å². The number of hydrogen-bond acceptors (Lipinski definition) is 7. The Labute approximate surface area is 173 Å². The molecular weight excluding hydrogens is 388 g/mol. The molecule has 8 heteroatoms. The second kappa shape index (κ2) is 9.13. The predicted octanol–water partition coefficient (Wildman–Crippen LogP) is 3.92. The largest absolute Gasteiger partial charge is 0.497 e. The molecule has 3 rings (SSSR count). The van der Waals surface area contributed by atoms with E-state index in [1.165, 1.54) is 20.3 Å². The Kier molecular flexibility index (Phi) is 6.36. The number of amides is 1. The van der Waals surface area contributed by atoms with Gasteiger partial charge in [0.2, 0.25) is 0 Å². The summed E-state index contributed by atoms with van der Waals surface area (Å²) in [6, 6.07) is 11.4. The van der Waals surface area contributed by atoms with Gasteiger partial charge < -0.3 is 24.1 Å². The molecule has 0 aliphatic carbocycles. The summed E-state index contributed by atoms with van der Waals surface area (Å²) in [7, 11) is 2.83. The molecule has 30 heavy (non-hydrogen) atoms. The molecule has 0 bridgehead atoms. The molecule has 0 spiro atoms. The number of aryl methyl sites for hydroxylation is 2. The van der Waals surface area contributed by atoms with Crippen molar-refractivity contribution in [1.82, 2.24) is 5.16 Å². The number of nitrogens with one attached hydrogen (secondary N) is 1. The van der Waals surface area contributed by atoms with Gasteiger partial charge in [0, 0.05) is 11.8 Å². The molecule has 3 aromatic rings. The first-order valence-electron chi connectivity index (χ1n) is 9.15. The number of benzene rings is 2. The van der Waals surface area contributed by atoms with Crippen LogP contribution in [-0.2, 0) is 11.3 Å². The van der Waals surface area contributed by atoms with Crippen molar-refractivity contribution in [2.24, 2.45) is 0 Å². The summed E-state index contributed by atoms with van der Waals surface area (Å²) in [6.45, 7) is 3.81. The smallest absolute Gasteiger partial charge is 0.337 e. The number of nitrogens with zero attached hydrogens (tertiary/aromatic N) is 1. The topological polar surface area (TPSA) is 99.9 Å². The first-order valence-corrected chi connectivity index (χ1v) is 9.15. The van der Waals surface area contributed by atoms with Crippen molar-refractivity contribution in [3.63, 3.8) is 0 Å². The van der Waals surface area contributed by atoms with Gasteiger partial charge >= 0.3 is 5.97 Å². The lowest BCUT2D eigenvalue weighted by atomic mass is 10.1. The van der Waals surface area contributed by atoms with E-state index in [0.29, 0.717) is 34.1 Å². The fraction of sp³-hybridized carbons (Fsp3) is 0.227. The van der Waals surface area contributed by atoms with Gasteiger partial charge in [-0.05, 0) is 44.2 Å². The van der Waals surface area contributed by atoms with Crippen LogP contribution in [0.2, 0.25) is 0 Å². The second-order valence-corrected chi connectivity index (χ2v) is 6.48. The Balaban J connectivity index is 1.84. The number of hydrogen-bond donors (Lipinski definition) is 1. The predicted molar refractivity (Wildman–Crippen MR) is 109 cm³/mol. The first kappa shape index (κ1) is 20.9. The number of aromatic nitrogens is 1. The summed E-state index contributed by atoms with van der Waals surface area (Å²) in [5.74, 6) is 0.664. The molecule has 0 unspecified atom stereocenters. The number of carbonyl (C=O) groups excluding carboxylic acids is 2. The van der Waals surface area contributed by atoms with Crippen molar-refractivity contribution in [2.75, 3.05) is 19.5 Å². The molecule has 0 radical (unpaired) electrons. The number of anilines is 1. The molecule has 0 atom stereocenters. The lowest BCUT2D eigenvalue weighted by molar-refractivity contribution is 0.0600. The van der Waals surface area contributed by atoms with Gasteiger partial charge in [-0.3, -0.25) is 4.79 Å². The zero-order valence-electron chi connectivity index (χ0n) is 17.1. The highest BCUT2D eigenvalue weighted by atomic mass is 16.5. The fourth-order valence-electron chi connectivity index (χ4n) is 2.83. The minimum absolute atomic E-state index is 0.187. The molecule has 0 saturated heterocycles. The molecule has 0 fully saturated rings. The van der Waals surface area contributed by atoms with Crippen LogP contribution >= 0.6 is 0 Å². The Bertz CT molecular complexity index is 1050. The van der Waals surface area contributed by atoms with Gasteiger partial charge in [0.05, 0.1) is 36.6 Å². The highest BCUT2D eigenvalue weighted by molar-refractivity contribution is 6.06. The van der Waals surface area contributed by atoms with Crippen LogP contribution in [0.3, 0.4) is 0 Å². The van der Waals surface area contributed by atoms with Crippen LogP contribution in [0.15, 0.2) is 47.0 Å². The summed E-state index contributed by atoms with van der Waals surface area (Å²) in [6.07, 6.45) is 0. The number of esters is 1. The molecule has 1 N–H and O–H groups in total. The van der Waals surface area contributed by atoms with Crippen molar-refractivity contribution >= 4 is 17.6 Å². The van der Waals surface area contributed by atoms with Crippen LogP contribution < -0.4 is 14.8 Å². The van der Waals surface area contributed by atoms with Crippen molar-refractivity contribution < 1.29 is 28.3 Å². The number of rotatable bonds is 7. The van der Waals surface area contributed by atoms with Crippen LogP contribution in [-0.4, -0.2) is 31.3 Å². The van der Waals surface area contributed by atoms with Gasteiger partial charge in [0.15, 0.2) is 0 Å². The van der Waals surface area contributed by atoms with Crippen LogP contribution in [0.4, 0.5) is 5.69 Å². The van der Waals surface area contributed by atoms with E-state index in [9.17, 15) is 9.59 Å². The Morgan fingerprint density at radius 1 is 1.10 bits per heavy atom. The third kappa shape index (κ3) is 4.60. The third-order valence-electron chi connectivity index (χ3n) is 4.53. The van der Waals surface area contributed by atoms with E-state index < -0.39 is 11.9 Å². The van der Waals surface area contributed by atoms with E-state index in [1.54, 1.807) is 43.3 Å². The van der Waals surface area contributed by atoms with E-state index >= 15 is 0 Å². The van der Waals surface area contributed by atoms with Gasteiger partial charge in [0.25, 0.3) is 5.91 Å². The Morgan fingerprint density at radius 3 is 2.57 bits per heavy atom. The normalized spacial score (nSPS) is 10.4. The second-order valence-electron chi connectivity index (χ2n) is 6.48. The zero-order chi connectivity index (χ0) is 21.7. The molecule has 8 nitrogen and oxygen atoms in total. The van der Waals surface area contributed by atoms with Crippen LogP contribution in [0, 0.1) is 13.8 Å². The highest BCUT2D eigenvalue weighted by Crippen LogP contribution is 2.27. The van der Waals surface area contributed by atoms with Crippen LogP contribution in [0.1, 0.15) is 37.7 Å². The van der Waals surface area contributed by atoms with Crippen LogP contribution in [0.5, 0.6) is 11.5 Å². The van der Waals surface area contributed by atoms with Crippen molar-refractivity contribution in [3.05, 3.63) is 70.6 Å². The molecule has 0 aliphatic heterocycles. The third-order valence-corrected chi connectivity index (χ3v) is 4.53. The maximum Gasteiger partial charge on any atom is 0.337 e. The summed E-state index contributed by atoms with van der Waals surface area (Å²) in [4.78, 5) is 24.6. The van der Waals surface area contributed by atoms with E-state index in [1.807, 2.05) is 6.92 Å². The zero-order valence-corrected chi connectivity index (χ0v) is 17.1. The molecule has 1 aromatic heterocycles. The van der Waals surface area contributed by atoms with E-state index in [0.717, 1.165) is 11.3 Å². The maximum atomic E-state index is 12.9. The number of carbonyl (C=O) groups is 2. The summed E-state index contributed by atoms with van der Waals surface area (Å²) in [5.41, 5.74) is 2.64. The van der Waals surface area contributed by atoms with Crippen molar-refractivity contribution in [2.45, 2.75) is 20.5 Å². The Morgan fingerprint density at radius 2 is 1.90 bits per heavy atom. The van der Waals surface area contributed by atoms with E-state index in [2.05, 4.69) is 10.5 Å². The molecule has 0 saturated carbocycles. The summed E-state index contributed by atoms with van der Waals surface area (Å²) >= 11 is 0. The lowest BCUT2D eigenvalue weighted by Crippen LogP contribution is -2.14. The average Bonchev–Trinajstić information content (AvgIpc) is 3.08. The minimum Gasteiger partial charge on any atom is -0.497 e. The van der Waals surface area contributed by atoms with E-state index in [4.69, 9.17) is 18.7 Å². The summed E-state index contributed by atoms with van der Waals surface area (Å²) < 4.78 is 21.0. The molecule has 0 aliphatic rings. The van der Waals surface area contributed by atoms with Gasteiger partial charge in [-0.15, -0.1) is 0 Å².